The van der Waals surface area contributed by atoms with E-state index < -0.39 is 0 Å². The lowest BCUT2D eigenvalue weighted by Crippen LogP contribution is -2.45. The van der Waals surface area contributed by atoms with Crippen molar-refractivity contribution in [2.45, 2.75) is 25.8 Å². The standard InChI is InChI=1S/C10H17NOS/c1-8-6-11(4-2-10(8)12)9-3-5-13-7-9/h8-9H,2-7H2,1H3. The largest absolute Gasteiger partial charge is 0.299 e. The SMILES string of the molecule is CC1CN(C2CCSC2)CCC1=O. The van der Waals surface area contributed by atoms with Crippen LogP contribution >= 0.6 is 11.8 Å². The molecule has 2 saturated heterocycles. The van der Waals surface area contributed by atoms with Crippen LogP contribution in [-0.2, 0) is 4.79 Å². The van der Waals surface area contributed by atoms with Crippen molar-refractivity contribution >= 4 is 17.5 Å². The Bertz CT molecular complexity index is 201. The van der Waals surface area contributed by atoms with Crippen molar-refractivity contribution in [3.63, 3.8) is 0 Å². The van der Waals surface area contributed by atoms with Gasteiger partial charge in [0.05, 0.1) is 0 Å². The Balaban J connectivity index is 1.90. The Labute approximate surface area is 84.1 Å². The van der Waals surface area contributed by atoms with Crippen LogP contribution in [0, 0.1) is 5.92 Å². The average Bonchev–Trinajstić information content (AvgIpc) is 2.62. The first-order valence-corrected chi connectivity index (χ1v) is 6.27. The van der Waals surface area contributed by atoms with Crippen LogP contribution in [0.15, 0.2) is 0 Å². The third-order valence-corrected chi connectivity index (χ3v) is 4.27. The summed E-state index contributed by atoms with van der Waals surface area (Å²) in [6.45, 7) is 4.08. The lowest BCUT2D eigenvalue weighted by molar-refractivity contribution is -0.126. The summed E-state index contributed by atoms with van der Waals surface area (Å²) in [5, 5.41) is 0. The summed E-state index contributed by atoms with van der Waals surface area (Å²) in [7, 11) is 0. The Morgan fingerprint density at radius 3 is 3.00 bits per heavy atom. The molecule has 0 aromatic rings. The summed E-state index contributed by atoms with van der Waals surface area (Å²) in [6.07, 6.45) is 2.11. The fourth-order valence-corrected chi connectivity index (χ4v) is 3.44. The zero-order valence-corrected chi connectivity index (χ0v) is 8.98. The van der Waals surface area contributed by atoms with Gasteiger partial charge in [0.2, 0.25) is 0 Å². The zero-order chi connectivity index (χ0) is 9.26. The van der Waals surface area contributed by atoms with E-state index >= 15 is 0 Å². The van der Waals surface area contributed by atoms with Crippen molar-refractivity contribution in [2.24, 2.45) is 5.92 Å². The first kappa shape index (κ1) is 9.53. The molecule has 0 N–H and O–H groups in total. The van der Waals surface area contributed by atoms with E-state index in [1.807, 2.05) is 0 Å². The lowest BCUT2D eigenvalue weighted by atomic mass is 9.97. The Hall–Kier alpha value is -0.0200. The minimum Gasteiger partial charge on any atom is -0.299 e. The summed E-state index contributed by atoms with van der Waals surface area (Å²) in [6, 6.07) is 0.764. The number of ketones is 1. The number of carbonyl (C=O) groups is 1. The number of Topliss-reactive ketones (excluding diaryl/α,β-unsaturated/α-hetero) is 1. The minimum absolute atomic E-state index is 0.277. The molecule has 3 heteroatoms. The highest BCUT2D eigenvalue weighted by Gasteiger charge is 2.29. The van der Waals surface area contributed by atoms with Gasteiger partial charge in [0.1, 0.15) is 5.78 Å². The second-order valence-electron chi connectivity index (χ2n) is 4.13. The van der Waals surface area contributed by atoms with E-state index in [1.54, 1.807) is 0 Å². The van der Waals surface area contributed by atoms with Crippen LogP contribution in [0.5, 0.6) is 0 Å². The van der Waals surface area contributed by atoms with Crippen molar-refractivity contribution < 1.29 is 4.79 Å². The molecule has 0 spiro atoms. The van der Waals surface area contributed by atoms with Crippen LogP contribution in [0.1, 0.15) is 19.8 Å². The number of likely N-dealkylation sites (tertiary alicyclic amines) is 1. The third kappa shape index (κ3) is 2.08. The molecule has 0 aliphatic carbocycles. The maximum Gasteiger partial charge on any atom is 0.138 e. The topological polar surface area (TPSA) is 20.3 Å². The lowest BCUT2D eigenvalue weighted by Gasteiger charge is -2.34. The predicted octanol–water partition coefficient (Wildman–Crippen LogP) is 1.40. The number of rotatable bonds is 1. The van der Waals surface area contributed by atoms with Gasteiger partial charge in [-0.25, -0.2) is 0 Å². The van der Waals surface area contributed by atoms with Gasteiger partial charge in [-0.05, 0) is 12.2 Å². The monoisotopic (exact) mass is 199 g/mol. The van der Waals surface area contributed by atoms with Gasteiger partial charge in [0, 0.05) is 37.2 Å². The Morgan fingerprint density at radius 1 is 1.54 bits per heavy atom. The number of hydrogen-bond donors (Lipinski definition) is 0. The first-order valence-electron chi connectivity index (χ1n) is 5.12. The third-order valence-electron chi connectivity index (χ3n) is 3.13. The minimum atomic E-state index is 0.277. The Kier molecular flexibility index (Phi) is 2.94. The molecule has 0 saturated carbocycles. The molecule has 0 aromatic heterocycles. The van der Waals surface area contributed by atoms with Crippen LogP contribution in [-0.4, -0.2) is 41.3 Å². The van der Waals surface area contributed by atoms with Crippen molar-refractivity contribution in [3.05, 3.63) is 0 Å². The van der Waals surface area contributed by atoms with E-state index in [0.717, 1.165) is 25.6 Å². The predicted molar refractivity (Wildman–Crippen MR) is 56.1 cm³/mol. The molecule has 2 nitrogen and oxygen atoms in total. The molecule has 13 heavy (non-hydrogen) atoms. The smallest absolute Gasteiger partial charge is 0.138 e. The molecule has 0 bridgehead atoms. The maximum atomic E-state index is 11.3. The summed E-state index contributed by atoms with van der Waals surface area (Å²) < 4.78 is 0. The second kappa shape index (κ2) is 4.01. The number of carbonyl (C=O) groups excluding carboxylic acids is 1. The summed E-state index contributed by atoms with van der Waals surface area (Å²) in [5.74, 6) is 3.32. The van der Waals surface area contributed by atoms with E-state index in [0.29, 0.717) is 5.78 Å². The maximum absolute atomic E-state index is 11.3. The highest BCUT2D eigenvalue weighted by Crippen LogP contribution is 2.25. The van der Waals surface area contributed by atoms with Gasteiger partial charge in [-0.15, -0.1) is 0 Å². The molecule has 2 fully saturated rings. The van der Waals surface area contributed by atoms with E-state index in [-0.39, 0.29) is 5.92 Å². The first-order chi connectivity index (χ1) is 6.27. The van der Waals surface area contributed by atoms with Gasteiger partial charge in [-0.1, -0.05) is 6.92 Å². The van der Waals surface area contributed by atoms with E-state index in [1.165, 1.54) is 17.9 Å². The van der Waals surface area contributed by atoms with Crippen LogP contribution in [0.25, 0.3) is 0 Å². The van der Waals surface area contributed by atoms with Crippen molar-refractivity contribution in [2.75, 3.05) is 24.6 Å². The highest BCUT2D eigenvalue weighted by molar-refractivity contribution is 7.99. The van der Waals surface area contributed by atoms with Crippen molar-refractivity contribution in [3.8, 4) is 0 Å². The molecule has 2 unspecified atom stereocenters. The second-order valence-corrected chi connectivity index (χ2v) is 5.28. The summed E-state index contributed by atoms with van der Waals surface area (Å²) in [5.41, 5.74) is 0. The molecule has 0 aromatic carbocycles. The molecule has 0 amide bonds. The molecule has 2 heterocycles. The molecule has 74 valence electrons. The number of hydrogen-bond acceptors (Lipinski definition) is 3. The number of piperidine rings is 1. The van der Waals surface area contributed by atoms with Gasteiger partial charge >= 0.3 is 0 Å². The van der Waals surface area contributed by atoms with E-state index in [4.69, 9.17) is 0 Å². The van der Waals surface area contributed by atoms with Gasteiger partial charge in [-0.3, -0.25) is 9.69 Å². The zero-order valence-electron chi connectivity index (χ0n) is 8.16. The molecule has 2 atom stereocenters. The van der Waals surface area contributed by atoms with Crippen LogP contribution in [0.3, 0.4) is 0 Å². The molecular formula is C10H17NOS. The van der Waals surface area contributed by atoms with Gasteiger partial charge < -0.3 is 0 Å². The average molecular weight is 199 g/mol. The normalized spacial score (nSPS) is 36.8. The number of thioether (sulfide) groups is 1. The fourth-order valence-electron chi connectivity index (χ4n) is 2.19. The van der Waals surface area contributed by atoms with Gasteiger partial charge in [-0.2, -0.15) is 11.8 Å². The molecule has 0 radical (unpaired) electrons. The van der Waals surface area contributed by atoms with Crippen LogP contribution in [0.4, 0.5) is 0 Å². The Morgan fingerprint density at radius 2 is 2.38 bits per heavy atom. The summed E-state index contributed by atoms with van der Waals surface area (Å²) >= 11 is 2.05. The van der Waals surface area contributed by atoms with E-state index in [2.05, 4.69) is 23.6 Å². The quantitative estimate of drug-likeness (QED) is 0.637. The van der Waals surface area contributed by atoms with Crippen molar-refractivity contribution in [1.82, 2.24) is 4.90 Å². The van der Waals surface area contributed by atoms with Crippen molar-refractivity contribution in [1.29, 1.82) is 0 Å². The highest BCUT2D eigenvalue weighted by atomic mass is 32.2. The van der Waals surface area contributed by atoms with Gasteiger partial charge in [0.25, 0.3) is 0 Å². The molecule has 2 aliphatic rings. The molecular weight excluding hydrogens is 182 g/mol. The van der Waals surface area contributed by atoms with Crippen LogP contribution < -0.4 is 0 Å². The van der Waals surface area contributed by atoms with Gasteiger partial charge in [0.15, 0.2) is 0 Å². The van der Waals surface area contributed by atoms with E-state index in [9.17, 15) is 4.79 Å². The molecule has 2 rings (SSSR count). The fraction of sp³-hybridized carbons (Fsp3) is 0.900. The summed E-state index contributed by atoms with van der Waals surface area (Å²) in [4.78, 5) is 13.8. The van der Waals surface area contributed by atoms with Crippen LogP contribution in [0.2, 0.25) is 0 Å². The number of nitrogens with zero attached hydrogens (tertiary/aromatic N) is 1. The molecule has 2 aliphatic heterocycles.